The molecule has 0 spiro atoms. The molecule has 0 radical (unpaired) electrons. The van der Waals surface area contributed by atoms with Gasteiger partial charge >= 0.3 is 0 Å². The van der Waals surface area contributed by atoms with Gasteiger partial charge in [-0.05, 0) is 60.9 Å². The van der Waals surface area contributed by atoms with E-state index in [2.05, 4.69) is 4.57 Å². The van der Waals surface area contributed by atoms with Crippen LogP contribution in [0.1, 0.15) is 41.1 Å². The van der Waals surface area contributed by atoms with Crippen LogP contribution in [0.15, 0.2) is 91.1 Å². The van der Waals surface area contributed by atoms with Crippen molar-refractivity contribution in [2.75, 3.05) is 25.7 Å². The number of hydrogen-bond donors (Lipinski definition) is 0. The molecule has 7 nitrogen and oxygen atoms in total. The SMILES string of the molecule is COc1ccc(OC)c(C2c3cccn3-c3ccccc3N2C(=O)CN(C(=O)C(Cl)c2ccccc2)C2CC2)c1. The number of aromatic nitrogens is 1. The van der Waals surface area contributed by atoms with Crippen LogP contribution < -0.4 is 14.4 Å². The topological polar surface area (TPSA) is 64.0 Å². The van der Waals surface area contributed by atoms with Gasteiger partial charge in [0.25, 0.3) is 0 Å². The number of carbonyl (C=O) groups excluding carboxylic acids is 2. The van der Waals surface area contributed by atoms with Crippen LogP contribution in [0.25, 0.3) is 5.69 Å². The average molecular weight is 556 g/mol. The predicted molar refractivity (Wildman–Crippen MR) is 154 cm³/mol. The number of nitrogens with zero attached hydrogens (tertiary/aromatic N) is 3. The fourth-order valence-corrected chi connectivity index (χ4v) is 5.79. The second-order valence-corrected chi connectivity index (χ2v) is 10.5. The quantitative estimate of drug-likeness (QED) is 0.254. The Labute approximate surface area is 238 Å². The standard InChI is InChI=1S/C32H30ClN3O4/c1-39-23-16-17-28(40-2)24(19-23)31-27-13-8-18-34(27)25-11-6-7-12-26(25)36(31)29(37)20-35(22-14-15-22)32(38)30(33)21-9-4-3-5-10-21/h3-13,16-19,22,30-31H,14-15,20H2,1-2H3. The van der Waals surface area contributed by atoms with Crippen molar-refractivity contribution >= 4 is 29.1 Å². The number of ether oxygens (including phenoxy) is 2. The van der Waals surface area contributed by atoms with Crippen LogP contribution in [-0.2, 0) is 9.59 Å². The van der Waals surface area contributed by atoms with Gasteiger partial charge in [-0.25, -0.2) is 0 Å². The third kappa shape index (κ3) is 4.60. The first-order chi connectivity index (χ1) is 19.5. The molecule has 3 aromatic carbocycles. The number of fused-ring (bicyclic) bond motifs is 3. The highest BCUT2D eigenvalue weighted by Gasteiger charge is 2.42. The molecule has 0 bridgehead atoms. The van der Waals surface area contributed by atoms with E-state index in [4.69, 9.17) is 21.1 Å². The maximum absolute atomic E-state index is 14.4. The molecule has 6 rings (SSSR count). The lowest BCUT2D eigenvalue weighted by atomic mass is 9.96. The summed E-state index contributed by atoms with van der Waals surface area (Å²) in [6.07, 6.45) is 3.70. The molecule has 1 saturated carbocycles. The summed E-state index contributed by atoms with van der Waals surface area (Å²) in [6.45, 7) is -0.0859. The van der Waals surface area contributed by atoms with Crippen LogP contribution in [0.2, 0.25) is 0 Å². The predicted octanol–water partition coefficient (Wildman–Crippen LogP) is 5.90. The van der Waals surface area contributed by atoms with E-state index in [1.807, 2.05) is 91.1 Å². The van der Waals surface area contributed by atoms with Crippen molar-refractivity contribution in [3.8, 4) is 17.2 Å². The highest BCUT2D eigenvalue weighted by Crippen LogP contribution is 2.46. The largest absolute Gasteiger partial charge is 0.497 e. The van der Waals surface area contributed by atoms with E-state index in [9.17, 15) is 9.59 Å². The van der Waals surface area contributed by atoms with E-state index in [0.717, 1.165) is 35.5 Å². The Hall–Kier alpha value is -4.23. The summed E-state index contributed by atoms with van der Waals surface area (Å²) in [5, 5.41) is -0.866. The van der Waals surface area contributed by atoms with Crippen molar-refractivity contribution in [3.63, 3.8) is 0 Å². The molecule has 2 heterocycles. The molecule has 1 fully saturated rings. The van der Waals surface area contributed by atoms with E-state index in [0.29, 0.717) is 17.1 Å². The molecule has 40 heavy (non-hydrogen) atoms. The molecule has 1 aliphatic heterocycles. The monoisotopic (exact) mass is 555 g/mol. The molecule has 0 N–H and O–H groups in total. The zero-order valence-corrected chi connectivity index (χ0v) is 23.1. The number of hydrogen-bond acceptors (Lipinski definition) is 4. The lowest BCUT2D eigenvalue weighted by Gasteiger charge is -2.40. The highest BCUT2D eigenvalue weighted by molar-refractivity contribution is 6.31. The highest BCUT2D eigenvalue weighted by atomic mass is 35.5. The van der Waals surface area contributed by atoms with Gasteiger partial charge in [0.1, 0.15) is 29.5 Å². The van der Waals surface area contributed by atoms with E-state index >= 15 is 0 Å². The third-order valence-electron chi connectivity index (χ3n) is 7.60. The number of rotatable bonds is 8. The number of carbonyl (C=O) groups is 2. The van der Waals surface area contributed by atoms with Gasteiger partial charge in [0, 0.05) is 17.8 Å². The van der Waals surface area contributed by atoms with Gasteiger partial charge in [-0.15, -0.1) is 11.6 Å². The Morgan fingerprint density at radius 3 is 2.35 bits per heavy atom. The van der Waals surface area contributed by atoms with Crippen LogP contribution in [-0.4, -0.2) is 48.1 Å². The van der Waals surface area contributed by atoms with Crippen LogP contribution in [0, 0.1) is 0 Å². The third-order valence-corrected chi connectivity index (χ3v) is 8.04. The number of anilines is 1. The van der Waals surface area contributed by atoms with Crippen molar-refractivity contribution in [2.24, 2.45) is 0 Å². The molecule has 2 amide bonds. The number of methoxy groups -OCH3 is 2. The Morgan fingerprint density at radius 1 is 0.925 bits per heavy atom. The zero-order chi connectivity index (χ0) is 27.8. The first-order valence-electron chi connectivity index (χ1n) is 13.3. The summed E-state index contributed by atoms with van der Waals surface area (Å²) in [4.78, 5) is 31.6. The maximum atomic E-state index is 14.4. The van der Waals surface area contributed by atoms with Gasteiger partial charge in [-0.2, -0.15) is 0 Å². The fourth-order valence-electron chi connectivity index (χ4n) is 5.51. The number of alkyl halides is 1. The van der Waals surface area contributed by atoms with Gasteiger partial charge in [0.05, 0.1) is 31.3 Å². The first kappa shape index (κ1) is 26.0. The maximum Gasteiger partial charge on any atom is 0.247 e. The first-order valence-corrected chi connectivity index (χ1v) is 13.8. The summed E-state index contributed by atoms with van der Waals surface area (Å²) >= 11 is 6.67. The lowest BCUT2D eigenvalue weighted by Crippen LogP contribution is -2.48. The Kier molecular flexibility index (Phi) is 6.98. The minimum atomic E-state index is -0.866. The van der Waals surface area contributed by atoms with Crippen molar-refractivity contribution in [1.29, 1.82) is 0 Å². The summed E-state index contributed by atoms with van der Waals surface area (Å²) in [7, 11) is 3.23. The fraction of sp³-hybridized carbons (Fsp3) is 0.250. The number of halogens is 1. The molecule has 0 saturated heterocycles. The van der Waals surface area contributed by atoms with E-state index < -0.39 is 11.4 Å². The minimum absolute atomic E-state index is 0.00452. The minimum Gasteiger partial charge on any atom is -0.497 e. The summed E-state index contributed by atoms with van der Waals surface area (Å²) in [5.74, 6) is 0.832. The van der Waals surface area contributed by atoms with Gasteiger partial charge < -0.3 is 18.9 Å². The molecule has 1 aromatic heterocycles. The van der Waals surface area contributed by atoms with Gasteiger partial charge in [0.15, 0.2) is 0 Å². The van der Waals surface area contributed by atoms with E-state index in [1.54, 1.807) is 24.0 Å². The van der Waals surface area contributed by atoms with Gasteiger partial charge in [0.2, 0.25) is 11.8 Å². The van der Waals surface area contributed by atoms with Crippen molar-refractivity contribution < 1.29 is 19.1 Å². The van der Waals surface area contributed by atoms with Crippen LogP contribution in [0.4, 0.5) is 5.69 Å². The summed E-state index contributed by atoms with van der Waals surface area (Å²) in [6, 6.07) is 26.1. The summed E-state index contributed by atoms with van der Waals surface area (Å²) in [5.41, 5.74) is 4.04. The van der Waals surface area contributed by atoms with Crippen LogP contribution >= 0.6 is 11.6 Å². The normalized spacial score (nSPS) is 16.5. The van der Waals surface area contributed by atoms with Crippen LogP contribution in [0.5, 0.6) is 11.5 Å². The molecule has 2 unspecified atom stereocenters. The molecule has 4 aromatic rings. The second kappa shape index (κ2) is 10.7. The number of amides is 2. The molecule has 2 atom stereocenters. The van der Waals surface area contributed by atoms with Crippen molar-refractivity contribution in [2.45, 2.75) is 30.3 Å². The van der Waals surface area contributed by atoms with Crippen LogP contribution in [0.3, 0.4) is 0 Å². The average Bonchev–Trinajstić information content (AvgIpc) is 3.73. The van der Waals surface area contributed by atoms with Crippen molar-refractivity contribution in [1.82, 2.24) is 9.47 Å². The number of benzene rings is 3. The molecular weight excluding hydrogens is 526 g/mol. The molecular formula is C32H30ClN3O4. The zero-order valence-electron chi connectivity index (χ0n) is 22.4. The van der Waals surface area contributed by atoms with E-state index in [-0.39, 0.29) is 24.4 Å². The molecule has 8 heteroatoms. The smallest absolute Gasteiger partial charge is 0.247 e. The molecule has 2 aliphatic rings. The van der Waals surface area contributed by atoms with Gasteiger partial charge in [-0.3, -0.25) is 14.5 Å². The lowest BCUT2D eigenvalue weighted by molar-refractivity contribution is -0.135. The Bertz CT molecular complexity index is 1550. The van der Waals surface area contributed by atoms with Crippen molar-refractivity contribution in [3.05, 3.63) is 108 Å². The molecule has 204 valence electrons. The van der Waals surface area contributed by atoms with Gasteiger partial charge in [-0.1, -0.05) is 42.5 Å². The Morgan fingerprint density at radius 2 is 1.65 bits per heavy atom. The Balaban J connectivity index is 1.42. The second-order valence-electron chi connectivity index (χ2n) is 10.0. The summed E-state index contributed by atoms with van der Waals surface area (Å²) < 4.78 is 13.4. The molecule has 1 aliphatic carbocycles. The van der Waals surface area contributed by atoms with E-state index in [1.165, 1.54) is 0 Å². The number of para-hydroxylation sites is 2.